The van der Waals surface area contributed by atoms with Gasteiger partial charge in [-0.2, -0.15) is 0 Å². The summed E-state index contributed by atoms with van der Waals surface area (Å²) in [5, 5.41) is 2.41. The van der Waals surface area contributed by atoms with Gasteiger partial charge in [0.15, 0.2) is 5.82 Å². The Morgan fingerprint density at radius 3 is 1.52 bits per heavy atom. The van der Waals surface area contributed by atoms with Gasteiger partial charge in [0.1, 0.15) is 5.82 Å². The minimum Gasteiger partial charge on any atom is -0.294 e. The highest BCUT2D eigenvalue weighted by atomic mass is 15.1. The summed E-state index contributed by atoms with van der Waals surface area (Å²) in [5.41, 5.74) is 17.6. The van der Waals surface area contributed by atoms with Crippen LogP contribution in [0, 0.1) is 0 Å². The largest absolute Gasteiger partial charge is 0.294 e. The zero-order valence-electron chi connectivity index (χ0n) is 30.4. The van der Waals surface area contributed by atoms with Gasteiger partial charge in [0.05, 0.1) is 22.1 Å². The number of aromatic nitrogens is 3. The third-order valence-corrected chi connectivity index (χ3v) is 12.1. The van der Waals surface area contributed by atoms with Crippen molar-refractivity contribution in [3.8, 4) is 61.8 Å². The first-order valence-electron chi connectivity index (χ1n) is 19.2. The monoisotopic (exact) mass is 711 g/mol. The van der Waals surface area contributed by atoms with E-state index >= 15 is 0 Å². The van der Waals surface area contributed by atoms with E-state index in [4.69, 9.17) is 9.97 Å². The van der Waals surface area contributed by atoms with Gasteiger partial charge in [-0.25, -0.2) is 9.97 Å². The number of nitrogens with zero attached hydrogens (tertiary/aromatic N) is 3. The molecule has 0 aliphatic heterocycles. The first kappa shape index (κ1) is 31.0. The quantitative estimate of drug-likeness (QED) is 0.182. The number of benzene rings is 8. The fraction of sp³-hybridized carbons (Fsp3) is 0.0189. The Morgan fingerprint density at radius 2 is 0.857 bits per heavy atom. The molecule has 0 radical (unpaired) electrons. The first-order valence-corrected chi connectivity index (χ1v) is 19.2. The summed E-state index contributed by atoms with van der Waals surface area (Å²) in [6, 6.07) is 72.4. The topological polar surface area (TPSA) is 30.7 Å². The summed E-state index contributed by atoms with van der Waals surface area (Å²) >= 11 is 0. The Hall–Kier alpha value is -7.36. The Kier molecular flexibility index (Phi) is 6.55. The van der Waals surface area contributed by atoms with Crippen molar-refractivity contribution < 1.29 is 0 Å². The summed E-state index contributed by atoms with van der Waals surface area (Å²) < 4.78 is 2.35. The van der Waals surface area contributed by atoms with E-state index in [1.165, 1.54) is 60.8 Å². The lowest BCUT2D eigenvalue weighted by Gasteiger charge is -2.30. The molecule has 2 aliphatic carbocycles. The molecule has 0 bridgehead atoms. The van der Waals surface area contributed by atoms with Gasteiger partial charge in [0.2, 0.25) is 0 Å². The third kappa shape index (κ3) is 4.28. The smallest absolute Gasteiger partial charge is 0.162 e. The second kappa shape index (κ2) is 11.8. The lowest BCUT2D eigenvalue weighted by molar-refractivity contribution is 0.795. The van der Waals surface area contributed by atoms with Crippen molar-refractivity contribution in [1.82, 2.24) is 14.5 Å². The van der Waals surface area contributed by atoms with Gasteiger partial charge in [-0.1, -0.05) is 176 Å². The normalized spacial score (nSPS) is 13.1. The number of hydrogen-bond donors (Lipinski definition) is 0. The zero-order chi connectivity index (χ0) is 36.8. The van der Waals surface area contributed by atoms with E-state index in [0.717, 1.165) is 39.2 Å². The van der Waals surface area contributed by atoms with E-state index in [9.17, 15) is 0 Å². The van der Waals surface area contributed by atoms with Crippen LogP contribution in [0.15, 0.2) is 200 Å². The Bertz CT molecular complexity index is 3130. The van der Waals surface area contributed by atoms with Gasteiger partial charge in [-0.15, -0.1) is 0 Å². The molecule has 0 saturated heterocycles. The standard InChI is InChI=1S/C53H33N3/c1-3-15-34(16-4-1)35-27-29-37(30-28-35)52-54-48(36-17-5-2-6-18-36)33-51(55-52)56-49-26-14-10-22-41(49)43-31-47-42(32-50(43)56)40-21-9-13-25-46(40)53(47)44-23-11-7-19-38(44)39-20-8-12-24-45(39)53/h1-33H. The molecule has 10 aromatic rings. The highest BCUT2D eigenvalue weighted by Gasteiger charge is 2.51. The molecular formula is C53H33N3. The molecule has 2 aliphatic rings. The lowest BCUT2D eigenvalue weighted by atomic mass is 9.70. The van der Waals surface area contributed by atoms with Crippen LogP contribution in [0.25, 0.3) is 83.6 Å². The summed E-state index contributed by atoms with van der Waals surface area (Å²) in [5.74, 6) is 1.53. The fourth-order valence-electron chi connectivity index (χ4n) is 9.68. The van der Waals surface area contributed by atoms with Gasteiger partial charge >= 0.3 is 0 Å². The lowest BCUT2D eigenvalue weighted by Crippen LogP contribution is -2.25. The minimum absolute atomic E-state index is 0.412. The van der Waals surface area contributed by atoms with Crippen LogP contribution < -0.4 is 0 Å². The molecule has 2 aromatic heterocycles. The van der Waals surface area contributed by atoms with Crippen molar-refractivity contribution >= 4 is 21.8 Å². The zero-order valence-corrected chi connectivity index (χ0v) is 30.4. The fourth-order valence-corrected chi connectivity index (χ4v) is 9.68. The molecule has 56 heavy (non-hydrogen) atoms. The predicted octanol–water partition coefficient (Wildman–Crippen LogP) is 12.9. The predicted molar refractivity (Wildman–Crippen MR) is 229 cm³/mol. The van der Waals surface area contributed by atoms with E-state index in [1.807, 2.05) is 6.07 Å². The van der Waals surface area contributed by atoms with E-state index in [-0.39, 0.29) is 0 Å². The van der Waals surface area contributed by atoms with E-state index in [0.29, 0.717) is 5.82 Å². The number of hydrogen-bond acceptors (Lipinski definition) is 2. The molecule has 0 saturated carbocycles. The van der Waals surface area contributed by atoms with Gasteiger partial charge in [0.25, 0.3) is 0 Å². The van der Waals surface area contributed by atoms with Crippen LogP contribution in [0.4, 0.5) is 0 Å². The Balaban J connectivity index is 1.13. The van der Waals surface area contributed by atoms with Crippen molar-refractivity contribution in [3.63, 3.8) is 0 Å². The summed E-state index contributed by atoms with van der Waals surface area (Å²) in [7, 11) is 0. The molecule has 1 spiro atoms. The molecule has 12 rings (SSSR count). The molecule has 3 nitrogen and oxygen atoms in total. The van der Waals surface area contributed by atoms with Crippen LogP contribution in [0.5, 0.6) is 0 Å². The van der Waals surface area contributed by atoms with E-state index < -0.39 is 5.41 Å². The van der Waals surface area contributed by atoms with Gasteiger partial charge < -0.3 is 0 Å². The van der Waals surface area contributed by atoms with Crippen molar-refractivity contribution in [2.24, 2.45) is 0 Å². The van der Waals surface area contributed by atoms with Crippen molar-refractivity contribution in [1.29, 1.82) is 0 Å². The molecule has 0 N–H and O–H groups in total. The van der Waals surface area contributed by atoms with Crippen molar-refractivity contribution in [2.75, 3.05) is 0 Å². The van der Waals surface area contributed by atoms with Crippen molar-refractivity contribution in [3.05, 3.63) is 222 Å². The maximum atomic E-state index is 5.39. The highest BCUT2D eigenvalue weighted by Crippen LogP contribution is 2.63. The van der Waals surface area contributed by atoms with Crippen molar-refractivity contribution in [2.45, 2.75) is 5.41 Å². The van der Waals surface area contributed by atoms with Gasteiger partial charge in [-0.3, -0.25) is 4.57 Å². The van der Waals surface area contributed by atoms with E-state index in [1.54, 1.807) is 0 Å². The van der Waals surface area contributed by atoms with Crippen LogP contribution in [0.1, 0.15) is 22.3 Å². The molecule has 260 valence electrons. The maximum Gasteiger partial charge on any atom is 0.162 e. The van der Waals surface area contributed by atoms with Crippen LogP contribution in [-0.4, -0.2) is 14.5 Å². The molecule has 2 heterocycles. The molecule has 0 fully saturated rings. The SMILES string of the molecule is c1ccc(-c2ccc(-c3nc(-c4ccccc4)cc(-n4c5ccccc5c5cc6c(cc54)-c4ccccc4C64c5ccccc5-c5ccccc54)n3)cc2)cc1. The summed E-state index contributed by atoms with van der Waals surface area (Å²) in [4.78, 5) is 10.6. The van der Waals surface area contributed by atoms with E-state index in [2.05, 4.69) is 199 Å². The van der Waals surface area contributed by atoms with Crippen LogP contribution in [0.3, 0.4) is 0 Å². The molecule has 0 amide bonds. The maximum absolute atomic E-state index is 5.39. The van der Waals surface area contributed by atoms with Crippen LogP contribution in [-0.2, 0) is 5.41 Å². The molecule has 0 unspecified atom stereocenters. The molecule has 0 atom stereocenters. The Labute approximate surface area is 324 Å². The first-order chi connectivity index (χ1) is 27.8. The summed E-state index contributed by atoms with van der Waals surface area (Å²) in [6.07, 6.45) is 0. The molecule has 3 heteroatoms. The van der Waals surface area contributed by atoms with Gasteiger partial charge in [-0.05, 0) is 73.8 Å². The molecule has 8 aromatic carbocycles. The van der Waals surface area contributed by atoms with Crippen LogP contribution >= 0.6 is 0 Å². The summed E-state index contributed by atoms with van der Waals surface area (Å²) in [6.45, 7) is 0. The average molecular weight is 712 g/mol. The molecular weight excluding hydrogens is 679 g/mol. The highest BCUT2D eigenvalue weighted by molar-refractivity contribution is 6.12. The number of rotatable bonds is 4. The number of fused-ring (bicyclic) bond motifs is 13. The van der Waals surface area contributed by atoms with Crippen LogP contribution in [0.2, 0.25) is 0 Å². The average Bonchev–Trinajstić information content (AvgIpc) is 3.87. The Morgan fingerprint density at radius 1 is 0.339 bits per heavy atom. The van der Waals surface area contributed by atoms with Gasteiger partial charge in [0, 0.05) is 28.0 Å². The minimum atomic E-state index is -0.412. The second-order valence-electron chi connectivity index (χ2n) is 14.9. The second-order valence-corrected chi connectivity index (χ2v) is 14.9. The number of para-hydroxylation sites is 1. The third-order valence-electron chi connectivity index (χ3n) is 12.1.